The molecular formula is C27H31ClFN5O. The normalized spacial score (nSPS) is 18.3. The van der Waals surface area contributed by atoms with Crippen molar-refractivity contribution in [2.24, 2.45) is 10.4 Å². The summed E-state index contributed by atoms with van der Waals surface area (Å²) in [6.07, 6.45) is 1.34. The molecule has 1 atom stereocenters. The summed E-state index contributed by atoms with van der Waals surface area (Å²) >= 11 is 6.70. The minimum absolute atomic E-state index is 0.00577. The van der Waals surface area contributed by atoms with Gasteiger partial charge in [0.05, 0.1) is 16.3 Å². The van der Waals surface area contributed by atoms with Crippen molar-refractivity contribution in [2.45, 2.75) is 33.7 Å². The summed E-state index contributed by atoms with van der Waals surface area (Å²) in [6.45, 7) is 18.6. The molecule has 0 N–H and O–H groups in total. The Hall–Kier alpha value is -3.19. The van der Waals surface area contributed by atoms with Gasteiger partial charge in [-0.1, -0.05) is 57.7 Å². The van der Waals surface area contributed by atoms with E-state index in [1.807, 2.05) is 11.0 Å². The van der Waals surface area contributed by atoms with E-state index in [0.29, 0.717) is 59.9 Å². The van der Waals surface area contributed by atoms with E-state index >= 15 is 0 Å². The summed E-state index contributed by atoms with van der Waals surface area (Å²) in [7, 11) is 0. The van der Waals surface area contributed by atoms with Crippen LogP contribution in [0.1, 0.15) is 33.3 Å². The molecule has 0 radical (unpaired) electrons. The van der Waals surface area contributed by atoms with Crippen molar-refractivity contribution >= 4 is 29.2 Å². The fraction of sp³-hybridized carbons (Fsp3) is 0.370. The highest BCUT2D eigenvalue weighted by atomic mass is 35.5. The van der Waals surface area contributed by atoms with Crippen LogP contribution in [0, 0.1) is 11.2 Å². The van der Waals surface area contributed by atoms with E-state index in [0.717, 1.165) is 5.56 Å². The van der Waals surface area contributed by atoms with Gasteiger partial charge in [0.25, 0.3) is 0 Å². The molecule has 1 aromatic carbocycles. The van der Waals surface area contributed by atoms with Gasteiger partial charge in [0, 0.05) is 37.8 Å². The highest BCUT2D eigenvalue weighted by molar-refractivity contribution is 6.33. The molecule has 0 bridgehead atoms. The summed E-state index contributed by atoms with van der Waals surface area (Å²) < 4.78 is 14.7. The van der Waals surface area contributed by atoms with Crippen LogP contribution in [-0.4, -0.2) is 58.7 Å². The van der Waals surface area contributed by atoms with E-state index < -0.39 is 0 Å². The van der Waals surface area contributed by atoms with Crippen LogP contribution in [0.4, 0.5) is 10.2 Å². The molecule has 2 aliphatic heterocycles. The molecule has 2 aromatic rings. The van der Waals surface area contributed by atoms with Gasteiger partial charge in [0.15, 0.2) is 0 Å². The molecule has 184 valence electrons. The number of anilines is 1. The molecule has 35 heavy (non-hydrogen) atoms. The first kappa shape index (κ1) is 24.9. The van der Waals surface area contributed by atoms with Crippen molar-refractivity contribution in [2.75, 3.05) is 31.1 Å². The predicted octanol–water partition coefficient (Wildman–Crippen LogP) is 5.34. The molecule has 2 aliphatic rings. The van der Waals surface area contributed by atoms with Crippen LogP contribution in [0.5, 0.6) is 0 Å². The smallest absolute Gasteiger partial charge is 0.246 e. The lowest BCUT2D eigenvalue weighted by atomic mass is 9.95. The Bertz CT molecular complexity index is 1220. The maximum atomic E-state index is 14.7. The van der Waals surface area contributed by atoms with Crippen molar-refractivity contribution in [3.8, 4) is 11.3 Å². The first-order chi connectivity index (χ1) is 16.5. The molecule has 1 fully saturated rings. The van der Waals surface area contributed by atoms with Gasteiger partial charge >= 0.3 is 0 Å². The molecule has 3 heterocycles. The molecule has 8 heteroatoms. The first-order valence-corrected chi connectivity index (χ1v) is 12.1. The van der Waals surface area contributed by atoms with Crippen LogP contribution in [0.25, 0.3) is 11.3 Å². The van der Waals surface area contributed by atoms with Crippen molar-refractivity contribution in [1.82, 2.24) is 14.8 Å². The highest BCUT2D eigenvalue weighted by Crippen LogP contribution is 2.38. The van der Waals surface area contributed by atoms with E-state index in [-0.39, 0.29) is 23.2 Å². The second-order valence-electron chi connectivity index (χ2n) is 10.2. The second kappa shape index (κ2) is 9.46. The third-order valence-corrected chi connectivity index (χ3v) is 6.43. The average Bonchev–Trinajstić information content (AvgIpc) is 2.80. The monoisotopic (exact) mass is 495 g/mol. The van der Waals surface area contributed by atoms with Crippen molar-refractivity contribution in [1.29, 1.82) is 0 Å². The topological polar surface area (TPSA) is 52.0 Å². The average molecular weight is 496 g/mol. The summed E-state index contributed by atoms with van der Waals surface area (Å²) in [5, 5.41) is 0.345. The number of hydrogen-bond acceptors (Lipinski definition) is 5. The number of amidine groups is 1. The zero-order valence-electron chi connectivity index (χ0n) is 20.7. The van der Waals surface area contributed by atoms with Crippen LogP contribution >= 0.6 is 11.6 Å². The summed E-state index contributed by atoms with van der Waals surface area (Å²) in [5.41, 5.74) is 1.42. The Labute approximate surface area is 211 Å². The van der Waals surface area contributed by atoms with E-state index in [4.69, 9.17) is 21.6 Å². The number of halogens is 2. The number of rotatable bonds is 3. The number of aromatic nitrogens is 1. The Morgan fingerprint density at radius 3 is 2.60 bits per heavy atom. The van der Waals surface area contributed by atoms with Gasteiger partial charge in [-0.25, -0.2) is 14.4 Å². The highest BCUT2D eigenvalue weighted by Gasteiger charge is 2.35. The molecule has 0 unspecified atom stereocenters. The Kier molecular flexibility index (Phi) is 6.73. The van der Waals surface area contributed by atoms with E-state index in [9.17, 15) is 9.18 Å². The molecule has 0 aliphatic carbocycles. The van der Waals surface area contributed by atoms with Crippen LogP contribution in [0.15, 0.2) is 60.4 Å². The van der Waals surface area contributed by atoms with Crippen LogP contribution < -0.4 is 4.90 Å². The van der Waals surface area contributed by atoms with Gasteiger partial charge in [0.1, 0.15) is 23.3 Å². The molecule has 4 rings (SSSR count). The van der Waals surface area contributed by atoms with Crippen LogP contribution in [0.2, 0.25) is 5.02 Å². The number of nitrogens with zero attached hydrogens (tertiary/aromatic N) is 5. The lowest BCUT2D eigenvalue weighted by Gasteiger charge is -2.44. The molecule has 6 nitrogen and oxygen atoms in total. The Morgan fingerprint density at radius 2 is 1.97 bits per heavy atom. The molecular weight excluding hydrogens is 465 g/mol. The molecule has 1 saturated heterocycles. The van der Waals surface area contributed by atoms with Crippen molar-refractivity contribution < 1.29 is 9.18 Å². The lowest BCUT2D eigenvalue weighted by molar-refractivity contribution is -0.128. The van der Waals surface area contributed by atoms with Gasteiger partial charge in [-0.3, -0.25) is 4.79 Å². The van der Waals surface area contributed by atoms with Gasteiger partial charge in [-0.2, -0.15) is 0 Å². The minimum atomic E-state index is -0.385. The standard InChI is InChI=1S/C27H31ClFN5O/c1-7-23(35)32-12-13-33(17(2)15-32)25-20-14-21(28)24(19-10-8-9-11-22(19)29)31-26(20)34(18(3)30-25)16-27(4,5)6/h7-11,14,17H,1,3,12-13,15-16H2,2,4-6H3/t17-/m0/s1. The third-order valence-electron chi connectivity index (χ3n) is 6.15. The van der Waals surface area contributed by atoms with Gasteiger partial charge in [0.2, 0.25) is 5.91 Å². The molecule has 0 spiro atoms. The summed E-state index contributed by atoms with van der Waals surface area (Å²) in [4.78, 5) is 27.8. The van der Waals surface area contributed by atoms with Crippen molar-refractivity contribution in [3.63, 3.8) is 0 Å². The quantitative estimate of drug-likeness (QED) is 0.539. The summed E-state index contributed by atoms with van der Waals surface area (Å²) in [6, 6.07) is 8.31. The SMILES string of the molecule is C=CC(=O)N1CCN(C2=NC(=C)N(CC(C)(C)C)c3nc(-c4ccccc4F)c(Cl)cc32)[C@@H](C)C1. The second-order valence-corrected chi connectivity index (χ2v) is 10.6. The van der Waals surface area contributed by atoms with Crippen LogP contribution in [-0.2, 0) is 4.79 Å². The first-order valence-electron chi connectivity index (χ1n) is 11.7. The minimum Gasteiger partial charge on any atom is -0.350 e. The predicted molar refractivity (Wildman–Crippen MR) is 140 cm³/mol. The Morgan fingerprint density at radius 1 is 1.26 bits per heavy atom. The zero-order chi connectivity index (χ0) is 25.5. The number of amides is 1. The zero-order valence-corrected chi connectivity index (χ0v) is 21.4. The number of hydrogen-bond donors (Lipinski definition) is 0. The van der Waals surface area contributed by atoms with Crippen molar-refractivity contribution in [3.05, 3.63) is 71.8 Å². The number of aliphatic imine (C=N–C) groups is 1. The fourth-order valence-electron chi connectivity index (χ4n) is 4.52. The molecule has 1 amide bonds. The molecule has 0 saturated carbocycles. The number of benzene rings is 1. The van der Waals surface area contributed by atoms with E-state index in [1.165, 1.54) is 12.1 Å². The number of piperazine rings is 1. The maximum absolute atomic E-state index is 14.7. The van der Waals surface area contributed by atoms with Gasteiger partial charge < -0.3 is 14.7 Å². The van der Waals surface area contributed by atoms with E-state index in [2.05, 4.69) is 45.8 Å². The lowest BCUT2D eigenvalue weighted by Crippen LogP contribution is -2.56. The number of carbonyl (C=O) groups is 1. The molecule has 1 aromatic heterocycles. The van der Waals surface area contributed by atoms with Gasteiger partial charge in [-0.05, 0) is 36.6 Å². The number of fused-ring (bicyclic) bond motifs is 1. The number of pyridine rings is 1. The third kappa shape index (κ3) is 4.96. The largest absolute Gasteiger partial charge is 0.350 e. The summed E-state index contributed by atoms with van der Waals surface area (Å²) in [5.74, 6) is 1.46. The maximum Gasteiger partial charge on any atom is 0.246 e. The Balaban J connectivity index is 1.81. The van der Waals surface area contributed by atoms with Gasteiger partial charge in [-0.15, -0.1) is 0 Å². The number of carbonyl (C=O) groups excluding carboxylic acids is 1. The fourth-order valence-corrected chi connectivity index (χ4v) is 4.77. The van der Waals surface area contributed by atoms with E-state index in [1.54, 1.807) is 23.1 Å². The van der Waals surface area contributed by atoms with Crippen LogP contribution in [0.3, 0.4) is 0 Å².